The van der Waals surface area contributed by atoms with Gasteiger partial charge in [0.05, 0.1) is 23.2 Å². The minimum absolute atomic E-state index is 0.413. The van der Waals surface area contributed by atoms with Gasteiger partial charge in [-0.2, -0.15) is 13.2 Å². The molecule has 0 radical (unpaired) electrons. The molecule has 0 amide bonds. The highest BCUT2D eigenvalue weighted by Crippen LogP contribution is 2.38. The van der Waals surface area contributed by atoms with Crippen molar-refractivity contribution in [1.82, 2.24) is 0 Å². The SMILES string of the molecule is COC(=O)c1cc([N+](=O)[O-])c(CCC(=O)O)c(C(F)(F)F)c1. The standard InChI is InChI=1S/C12H10F3NO6/c1-22-11(19)6-4-8(12(13,14)15)7(2-3-10(17)18)9(5-6)16(20)21/h4-5H,2-3H2,1H3,(H,17,18). The van der Waals surface area contributed by atoms with Gasteiger partial charge in [-0.1, -0.05) is 0 Å². The molecule has 0 saturated heterocycles. The maximum absolute atomic E-state index is 13.0. The maximum atomic E-state index is 13.0. The Labute approximate surface area is 121 Å². The third-order valence-corrected chi connectivity index (χ3v) is 2.74. The van der Waals surface area contributed by atoms with E-state index < -0.39 is 58.3 Å². The van der Waals surface area contributed by atoms with Gasteiger partial charge in [-0.25, -0.2) is 4.79 Å². The van der Waals surface area contributed by atoms with Crippen molar-refractivity contribution in [3.05, 3.63) is 38.9 Å². The third-order valence-electron chi connectivity index (χ3n) is 2.74. The van der Waals surface area contributed by atoms with E-state index in [1.807, 2.05) is 0 Å². The Morgan fingerprint density at radius 1 is 1.36 bits per heavy atom. The van der Waals surface area contributed by atoms with Crippen LogP contribution in [-0.2, 0) is 22.1 Å². The van der Waals surface area contributed by atoms with Gasteiger partial charge in [0.1, 0.15) is 0 Å². The summed E-state index contributed by atoms with van der Waals surface area (Å²) < 4.78 is 43.4. The number of carboxylic acids is 1. The second-order valence-electron chi connectivity index (χ2n) is 4.16. The van der Waals surface area contributed by atoms with E-state index in [0.717, 1.165) is 7.11 Å². The molecule has 0 aromatic heterocycles. The molecule has 22 heavy (non-hydrogen) atoms. The van der Waals surface area contributed by atoms with E-state index in [9.17, 15) is 32.9 Å². The first-order chi connectivity index (χ1) is 10.1. The minimum Gasteiger partial charge on any atom is -0.481 e. The molecule has 0 aliphatic rings. The summed E-state index contributed by atoms with van der Waals surface area (Å²) >= 11 is 0. The lowest BCUT2D eigenvalue weighted by Crippen LogP contribution is -2.15. The summed E-state index contributed by atoms with van der Waals surface area (Å²) in [6.07, 6.45) is -6.40. The minimum atomic E-state index is -4.98. The van der Waals surface area contributed by atoms with Crippen LogP contribution in [0.2, 0.25) is 0 Å². The van der Waals surface area contributed by atoms with Crippen molar-refractivity contribution >= 4 is 17.6 Å². The number of aliphatic carboxylic acids is 1. The molecule has 0 fully saturated rings. The molecular formula is C12H10F3NO6. The molecule has 0 aliphatic heterocycles. The maximum Gasteiger partial charge on any atom is 0.416 e. The smallest absolute Gasteiger partial charge is 0.416 e. The predicted octanol–water partition coefficient (Wildman–Crippen LogP) is 2.42. The molecule has 0 aliphatic carbocycles. The Morgan fingerprint density at radius 3 is 2.36 bits per heavy atom. The van der Waals surface area contributed by atoms with Gasteiger partial charge in [0, 0.05) is 18.1 Å². The van der Waals surface area contributed by atoms with Gasteiger partial charge in [0.2, 0.25) is 0 Å². The van der Waals surface area contributed by atoms with Gasteiger partial charge in [-0.05, 0) is 12.5 Å². The summed E-state index contributed by atoms with van der Waals surface area (Å²) in [7, 11) is 0.916. The lowest BCUT2D eigenvalue weighted by molar-refractivity contribution is -0.385. The zero-order valence-corrected chi connectivity index (χ0v) is 11.1. The van der Waals surface area contributed by atoms with Crippen LogP contribution in [0.1, 0.15) is 27.9 Å². The molecular weight excluding hydrogens is 311 g/mol. The van der Waals surface area contributed by atoms with Crippen molar-refractivity contribution in [1.29, 1.82) is 0 Å². The van der Waals surface area contributed by atoms with Crippen LogP contribution in [0.25, 0.3) is 0 Å². The average molecular weight is 321 g/mol. The van der Waals surface area contributed by atoms with Crippen LogP contribution in [0.3, 0.4) is 0 Å². The Kier molecular flexibility index (Phi) is 5.07. The van der Waals surface area contributed by atoms with Crippen molar-refractivity contribution in [2.24, 2.45) is 0 Å². The number of carboxylic acid groups (broad SMARTS) is 1. The van der Waals surface area contributed by atoms with Crippen molar-refractivity contribution in [3.63, 3.8) is 0 Å². The van der Waals surface area contributed by atoms with E-state index in [1.54, 1.807) is 0 Å². The van der Waals surface area contributed by atoms with Crippen LogP contribution in [0, 0.1) is 10.1 Å². The van der Waals surface area contributed by atoms with Crippen LogP contribution in [-0.4, -0.2) is 29.1 Å². The molecule has 0 bridgehead atoms. The zero-order valence-electron chi connectivity index (χ0n) is 11.1. The van der Waals surface area contributed by atoms with Crippen LogP contribution in [0.4, 0.5) is 18.9 Å². The number of methoxy groups -OCH3 is 1. The number of rotatable bonds is 5. The first kappa shape index (κ1) is 17.4. The zero-order chi connectivity index (χ0) is 17.1. The van der Waals surface area contributed by atoms with Gasteiger partial charge < -0.3 is 9.84 Å². The number of hydrogen-bond acceptors (Lipinski definition) is 5. The van der Waals surface area contributed by atoms with E-state index in [0.29, 0.717) is 12.1 Å². The number of esters is 1. The summed E-state index contributed by atoms with van der Waals surface area (Å²) in [5, 5.41) is 19.5. The topological polar surface area (TPSA) is 107 Å². The van der Waals surface area contributed by atoms with E-state index in [2.05, 4.69) is 4.74 Å². The molecule has 0 heterocycles. The second kappa shape index (κ2) is 6.41. The number of hydrogen-bond donors (Lipinski definition) is 1. The second-order valence-corrected chi connectivity index (χ2v) is 4.16. The number of nitrogens with zero attached hydrogens (tertiary/aromatic N) is 1. The lowest BCUT2D eigenvalue weighted by Gasteiger charge is -2.14. The number of ether oxygens (including phenoxy) is 1. The quantitative estimate of drug-likeness (QED) is 0.507. The summed E-state index contributed by atoms with van der Waals surface area (Å²) in [5.74, 6) is -2.57. The number of nitro benzene ring substituents is 1. The van der Waals surface area contributed by atoms with Crippen LogP contribution in [0.15, 0.2) is 12.1 Å². The molecule has 1 rings (SSSR count). The molecule has 0 saturated carbocycles. The first-order valence-corrected chi connectivity index (χ1v) is 5.76. The summed E-state index contributed by atoms with van der Waals surface area (Å²) in [4.78, 5) is 31.7. The van der Waals surface area contributed by atoms with E-state index >= 15 is 0 Å². The summed E-state index contributed by atoms with van der Waals surface area (Å²) in [5.41, 5.74) is -3.83. The number of halogens is 3. The molecule has 7 nitrogen and oxygen atoms in total. The summed E-state index contributed by atoms with van der Waals surface area (Å²) in [6.45, 7) is 0. The van der Waals surface area contributed by atoms with Gasteiger partial charge >= 0.3 is 18.1 Å². The fourth-order valence-electron chi connectivity index (χ4n) is 1.80. The molecule has 10 heteroatoms. The van der Waals surface area contributed by atoms with Gasteiger partial charge in [0.25, 0.3) is 5.69 Å². The molecule has 120 valence electrons. The number of nitro groups is 1. The molecule has 0 unspecified atom stereocenters. The summed E-state index contributed by atoms with van der Waals surface area (Å²) in [6, 6.07) is 1.05. The first-order valence-electron chi connectivity index (χ1n) is 5.76. The highest BCUT2D eigenvalue weighted by molar-refractivity contribution is 5.90. The van der Waals surface area contributed by atoms with E-state index in [-0.39, 0.29) is 0 Å². The number of benzene rings is 1. The number of carbonyl (C=O) groups is 2. The average Bonchev–Trinajstić information content (AvgIpc) is 2.41. The number of alkyl halides is 3. The van der Waals surface area contributed by atoms with Crippen molar-refractivity contribution < 1.29 is 37.5 Å². The van der Waals surface area contributed by atoms with E-state index in [4.69, 9.17) is 5.11 Å². The normalized spacial score (nSPS) is 11.1. The van der Waals surface area contributed by atoms with Crippen molar-refractivity contribution in [3.8, 4) is 0 Å². The molecule has 1 N–H and O–H groups in total. The largest absolute Gasteiger partial charge is 0.481 e. The number of carbonyl (C=O) groups excluding carboxylic acids is 1. The fourth-order valence-corrected chi connectivity index (χ4v) is 1.80. The Bertz CT molecular complexity index is 626. The fraction of sp³-hybridized carbons (Fsp3) is 0.333. The van der Waals surface area contributed by atoms with Crippen molar-refractivity contribution in [2.45, 2.75) is 19.0 Å². The molecule has 0 spiro atoms. The Hall–Kier alpha value is -2.65. The highest BCUT2D eigenvalue weighted by atomic mass is 19.4. The van der Waals surface area contributed by atoms with Crippen molar-refractivity contribution in [2.75, 3.05) is 7.11 Å². The van der Waals surface area contributed by atoms with Gasteiger partial charge in [-0.3, -0.25) is 14.9 Å². The molecule has 1 aromatic rings. The van der Waals surface area contributed by atoms with Crippen LogP contribution < -0.4 is 0 Å². The lowest BCUT2D eigenvalue weighted by atomic mass is 9.97. The van der Waals surface area contributed by atoms with Crippen LogP contribution >= 0.6 is 0 Å². The van der Waals surface area contributed by atoms with Gasteiger partial charge in [0.15, 0.2) is 0 Å². The van der Waals surface area contributed by atoms with Gasteiger partial charge in [-0.15, -0.1) is 0 Å². The third kappa shape index (κ3) is 3.93. The van der Waals surface area contributed by atoms with E-state index in [1.165, 1.54) is 0 Å². The van der Waals surface area contributed by atoms with Crippen LogP contribution in [0.5, 0.6) is 0 Å². The Balaban J connectivity index is 3.58. The highest BCUT2D eigenvalue weighted by Gasteiger charge is 2.38. The molecule has 0 atom stereocenters. The Morgan fingerprint density at radius 2 is 1.95 bits per heavy atom. The monoisotopic (exact) mass is 321 g/mol. The molecule has 1 aromatic carbocycles. The predicted molar refractivity (Wildman–Crippen MR) is 65.4 cm³/mol.